The lowest BCUT2D eigenvalue weighted by molar-refractivity contribution is -0.116. The highest BCUT2D eigenvalue weighted by atomic mass is 16.5. The molecule has 1 aromatic heterocycles. The molecule has 0 aliphatic heterocycles. The van der Waals surface area contributed by atoms with E-state index in [0.29, 0.717) is 41.2 Å². The third-order valence-electron chi connectivity index (χ3n) is 3.15. The Bertz CT molecular complexity index is 673. The van der Waals surface area contributed by atoms with E-state index in [9.17, 15) is 4.79 Å². The van der Waals surface area contributed by atoms with E-state index in [-0.39, 0.29) is 5.91 Å². The van der Waals surface area contributed by atoms with Gasteiger partial charge in [0, 0.05) is 31.4 Å². The average molecular weight is 304 g/mol. The van der Waals surface area contributed by atoms with Crippen LogP contribution in [0.2, 0.25) is 0 Å². The Morgan fingerprint density at radius 1 is 1.18 bits per heavy atom. The predicted molar refractivity (Wildman–Crippen MR) is 84.4 cm³/mol. The molecule has 7 heteroatoms. The highest BCUT2D eigenvalue weighted by molar-refractivity contribution is 5.99. The van der Waals surface area contributed by atoms with Crippen molar-refractivity contribution in [2.24, 2.45) is 0 Å². The molecule has 0 atom stereocenters. The summed E-state index contributed by atoms with van der Waals surface area (Å²) in [6, 6.07) is 1.70. The first-order valence-corrected chi connectivity index (χ1v) is 6.87. The third kappa shape index (κ3) is 3.43. The van der Waals surface area contributed by atoms with Crippen LogP contribution in [0.1, 0.15) is 6.42 Å². The summed E-state index contributed by atoms with van der Waals surface area (Å²) in [5, 5.41) is 2.85. The fourth-order valence-corrected chi connectivity index (χ4v) is 2.07. The van der Waals surface area contributed by atoms with Crippen molar-refractivity contribution in [2.45, 2.75) is 6.42 Å². The maximum absolute atomic E-state index is 12.1. The van der Waals surface area contributed by atoms with Crippen LogP contribution < -0.4 is 14.8 Å². The molecule has 1 heterocycles. The van der Waals surface area contributed by atoms with Crippen LogP contribution in [0.15, 0.2) is 18.5 Å². The minimum Gasteiger partial charge on any atom is -0.494 e. The van der Waals surface area contributed by atoms with E-state index in [1.54, 1.807) is 25.6 Å². The molecule has 1 aromatic carbocycles. The number of benzene rings is 1. The molecule has 0 saturated carbocycles. The smallest absolute Gasteiger partial charge is 0.225 e. The number of amides is 1. The molecular weight excluding hydrogens is 284 g/mol. The van der Waals surface area contributed by atoms with Gasteiger partial charge in [-0.3, -0.25) is 4.79 Å². The second kappa shape index (κ2) is 7.04. The van der Waals surface area contributed by atoms with Gasteiger partial charge >= 0.3 is 0 Å². The summed E-state index contributed by atoms with van der Waals surface area (Å²) in [5.41, 5.74) is 1.66. The zero-order chi connectivity index (χ0) is 16.1. The van der Waals surface area contributed by atoms with Crippen LogP contribution in [0.3, 0.4) is 0 Å². The first-order chi connectivity index (χ1) is 10.6. The minimum atomic E-state index is -0.0997. The van der Waals surface area contributed by atoms with Crippen LogP contribution >= 0.6 is 0 Å². The second-order valence-electron chi connectivity index (χ2n) is 5.01. The van der Waals surface area contributed by atoms with E-state index in [2.05, 4.69) is 15.3 Å². The highest BCUT2D eigenvalue weighted by Crippen LogP contribution is 2.37. The lowest BCUT2D eigenvalue weighted by atomic mass is 10.2. The molecule has 1 N–H and O–H groups in total. The van der Waals surface area contributed by atoms with Gasteiger partial charge in [-0.05, 0) is 14.1 Å². The molecule has 7 nitrogen and oxygen atoms in total. The monoisotopic (exact) mass is 304 g/mol. The first kappa shape index (κ1) is 16.0. The number of anilines is 1. The molecule has 2 rings (SSSR count). The summed E-state index contributed by atoms with van der Waals surface area (Å²) in [7, 11) is 6.92. The van der Waals surface area contributed by atoms with Crippen LogP contribution in [-0.4, -0.2) is 55.6 Å². The Hall–Kier alpha value is -2.41. The van der Waals surface area contributed by atoms with Gasteiger partial charge < -0.3 is 19.7 Å². The molecule has 1 amide bonds. The maximum atomic E-state index is 12.1. The van der Waals surface area contributed by atoms with Gasteiger partial charge in [-0.1, -0.05) is 0 Å². The van der Waals surface area contributed by atoms with Crippen LogP contribution in [0.4, 0.5) is 5.69 Å². The lowest BCUT2D eigenvalue weighted by Gasteiger charge is -2.15. The van der Waals surface area contributed by atoms with Crippen molar-refractivity contribution < 1.29 is 14.3 Å². The molecule has 22 heavy (non-hydrogen) atoms. The molecule has 0 fully saturated rings. The molecule has 0 spiro atoms. The number of ether oxygens (including phenoxy) is 2. The van der Waals surface area contributed by atoms with Crippen LogP contribution in [0, 0.1) is 0 Å². The van der Waals surface area contributed by atoms with Gasteiger partial charge in [0.15, 0.2) is 5.75 Å². The van der Waals surface area contributed by atoms with E-state index in [0.717, 1.165) is 0 Å². The molecule has 0 aliphatic carbocycles. The van der Waals surface area contributed by atoms with Crippen molar-refractivity contribution in [3.63, 3.8) is 0 Å². The predicted octanol–water partition coefficient (Wildman–Crippen LogP) is 1.54. The minimum absolute atomic E-state index is 0.0997. The third-order valence-corrected chi connectivity index (χ3v) is 3.15. The van der Waals surface area contributed by atoms with Crippen molar-refractivity contribution in [1.82, 2.24) is 14.9 Å². The molecule has 0 aliphatic rings. The Morgan fingerprint density at radius 2 is 1.86 bits per heavy atom. The number of carbonyl (C=O) groups excluding carboxylic acids is 1. The number of nitrogens with zero attached hydrogens (tertiary/aromatic N) is 3. The topological polar surface area (TPSA) is 76.6 Å². The maximum Gasteiger partial charge on any atom is 0.225 e. The Morgan fingerprint density at radius 3 is 2.45 bits per heavy atom. The summed E-state index contributed by atoms with van der Waals surface area (Å²) in [6.45, 7) is 0.665. The quantitative estimate of drug-likeness (QED) is 0.872. The first-order valence-electron chi connectivity index (χ1n) is 6.87. The summed E-state index contributed by atoms with van der Waals surface area (Å²) in [6.07, 6.45) is 3.54. The van der Waals surface area contributed by atoms with Gasteiger partial charge in [0.1, 0.15) is 16.8 Å². The highest BCUT2D eigenvalue weighted by Gasteiger charge is 2.17. The van der Waals surface area contributed by atoms with E-state index in [4.69, 9.17) is 9.47 Å². The number of fused-ring (bicyclic) bond motifs is 1. The average Bonchev–Trinajstić information content (AvgIpc) is 2.52. The zero-order valence-corrected chi connectivity index (χ0v) is 13.2. The van der Waals surface area contributed by atoms with Gasteiger partial charge in [-0.15, -0.1) is 0 Å². The molecule has 0 saturated heterocycles. The number of aromatic nitrogens is 2. The summed E-state index contributed by atoms with van der Waals surface area (Å²) in [5.74, 6) is 0.909. The fraction of sp³-hybridized carbons (Fsp3) is 0.400. The van der Waals surface area contributed by atoms with E-state index < -0.39 is 0 Å². The molecular formula is C15H20N4O3. The summed E-state index contributed by atoms with van der Waals surface area (Å²) in [4.78, 5) is 22.5. The molecule has 118 valence electrons. The van der Waals surface area contributed by atoms with Gasteiger partial charge in [-0.2, -0.15) is 0 Å². The van der Waals surface area contributed by atoms with E-state index >= 15 is 0 Å². The summed E-state index contributed by atoms with van der Waals surface area (Å²) >= 11 is 0. The number of methoxy groups -OCH3 is 2. The molecule has 0 bridgehead atoms. The zero-order valence-electron chi connectivity index (χ0n) is 13.2. The van der Waals surface area contributed by atoms with Gasteiger partial charge in [0.05, 0.1) is 19.9 Å². The largest absolute Gasteiger partial charge is 0.494 e. The Kier molecular flexibility index (Phi) is 5.11. The number of hydrogen-bond donors (Lipinski definition) is 1. The van der Waals surface area contributed by atoms with Crippen molar-refractivity contribution in [3.8, 4) is 11.5 Å². The van der Waals surface area contributed by atoms with Crippen molar-refractivity contribution in [2.75, 3.05) is 40.2 Å². The molecule has 0 radical (unpaired) electrons. The summed E-state index contributed by atoms with van der Waals surface area (Å²) < 4.78 is 10.7. The molecule has 2 aromatic rings. The Labute approximate surface area is 129 Å². The van der Waals surface area contributed by atoms with Gasteiger partial charge in [0.2, 0.25) is 5.91 Å². The van der Waals surface area contributed by atoms with Crippen molar-refractivity contribution in [3.05, 3.63) is 18.5 Å². The van der Waals surface area contributed by atoms with Crippen molar-refractivity contribution >= 4 is 22.6 Å². The number of hydrogen-bond acceptors (Lipinski definition) is 6. The van der Waals surface area contributed by atoms with Crippen LogP contribution in [0.5, 0.6) is 11.5 Å². The molecule has 0 unspecified atom stereocenters. The van der Waals surface area contributed by atoms with Gasteiger partial charge in [-0.25, -0.2) is 9.97 Å². The fourth-order valence-electron chi connectivity index (χ4n) is 2.07. The van der Waals surface area contributed by atoms with Gasteiger partial charge in [0.25, 0.3) is 0 Å². The number of rotatable bonds is 6. The number of carbonyl (C=O) groups is 1. The van der Waals surface area contributed by atoms with E-state index in [1.165, 1.54) is 7.11 Å². The van der Waals surface area contributed by atoms with E-state index in [1.807, 2.05) is 19.0 Å². The normalized spacial score (nSPS) is 10.8. The van der Waals surface area contributed by atoms with Crippen LogP contribution in [-0.2, 0) is 4.79 Å². The lowest BCUT2D eigenvalue weighted by Crippen LogP contribution is -2.21. The standard InChI is InChI=1S/C15H20N4O3/c1-19(2)8-5-12(20)18-10-9-11(21-3)13-14(15(10)22-4)17-7-6-16-13/h6-7,9H,5,8H2,1-4H3,(H,18,20). The van der Waals surface area contributed by atoms with Crippen LogP contribution in [0.25, 0.3) is 11.0 Å². The number of nitrogens with one attached hydrogen (secondary N) is 1. The SMILES string of the molecule is COc1cc(NC(=O)CCN(C)C)c(OC)c2nccnc12. The Balaban J connectivity index is 2.38. The second-order valence-corrected chi connectivity index (χ2v) is 5.01. The van der Waals surface area contributed by atoms with Crippen molar-refractivity contribution in [1.29, 1.82) is 0 Å².